The molecule has 0 heterocycles. The molecule has 166 valence electrons. The number of nitrogens with one attached hydrogen (secondary N) is 2. The molecule has 7 heteroatoms. The van der Waals surface area contributed by atoms with E-state index in [4.69, 9.17) is 9.47 Å². The van der Waals surface area contributed by atoms with Gasteiger partial charge in [0.15, 0.2) is 5.75 Å². The molecule has 0 fully saturated rings. The molecule has 0 atom stereocenters. The molecular formula is C25H26N2O4S. The Morgan fingerprint density at radius 2 is 1.53 bits per heavy atom. The summed E-state index contributed by atoms with van der Waals surface area (Å²) in [5.41, 5.74) is 2.39. The molecule has 0 aliphatic heterocycles. The van der Waals surface area contributed by atoms with Gasteiger partial charge in [-0.2, -0.15) is 0 Å². The highest BCUT2D eigenvalue weighted by atomic mass is 32.2. The zero-order valence-corrected chi connectivity index (χ0v) is 18.9. The fraction of sp³-hybridized carbons (Fsp3) is 0.200. The van der Waals surface area contributed by atoms with Crippen molar-refractivity contribution >= 4 is 35.0 Å². The molecule has 0 radical (unpaired) electrons. The standard InChI is InChI=1S/C25H26N2O4S/c1-3-30-20-11-13-21(14-12-20)31-23-10-5-4-9-22(23)27-25(29)17-32-16-24(28)26-19-8-6-7-18(2)15-19/h4-15H,3,16-17H2,1-2H3,(H,26,28)(H,27,29). The van der Waals surface area contributed by atoms with Crippen LogP contribution in [0, 0.1) is 6.92 Å². The Kier molecular flexibility index (Phi) is 8.57. The largest absolute Gasteiger partial charge is 0.494 e. The van der Waals surface area contributed by atoms with Crippen LogP contribution in [0.1, 0.15) is 12.5 Å². The van der Waals surface area contributed by atoms with Gasteiger partial charge in [0.1, 0.15) is 11.5 Å². The van der Waals surface area contributed by atoms with Crippen LogP contribution in [0.25, 0.3) is 0 Å². The SMILES string of the molecule is CCOc1ccc(Oc2ccccc2NC(=O)CSCC(=O)Nc2cccc(C)c2)cc1. The van der Waals surface area contributed by atoms with Crippen molar-refractivity contribution in [3.63, 3.8) is 0 Å². The second-order valence-corrected chi connectivity index (χ2v) is 7.95. The van der Waals surface area contributed by atoms with E-state index in [-0.39, 0.29) is 23.3 Å². The zero-order chi connectivity index (χ0) is 22.8. The maximum atomic E-state index is 12.4. The van der Waals surface area contributed by atoms with E-state index in [0.29, 0.717) is 23.8 Å². The maximum Gasteiger partial charge on any atom is 0.234 e. The molecule has 3 rings (SSSR count). The van der Waals surface area contributed by atoms with Crippen molar-refractivity contribution < 1.29 is 19.1 Å². The van der Waals surface area contributed by atoms with Gasteiger partial charge in [-0.05, 0) is 67.9 Å². The van der Waals surface area contributed by atoms with E-state index in [0.717, 1.165) is 17.0 Å². The van der Waals surface area contributed by atoms with E-state index < -0.39 is 0 Å². The van der Waals surface area contributed by atoms with Crippen molar-refractivity contribution in [2.75, 3.05) is 28.7 Å². The molecule has 3 aromatic carbocycles. The maximum absolute atomic E-state index is 12.4. The third-order valence-electron chi connectivity index (χ3n) is 4.29. The van der Waals surface area contributed by atoms with Gasteiger partial charge in [-0.3, -0.25) is 9.59 Å². The normalized spacial score (nSPS) is 10.3. The minimum Gasteiger partial charge on any atom is -0.494 e. The first-order chi connectivity index (χ1) is 15.5. The Hall–Kier alpha value is -3.45. The van der Waals surface area contributed by atoms with E-state index >= 15 is 0 Å². The van der Waals surface area contributed by atoms with E-state index in [2.05, 4.69) is 10.6 Å². The first-order valence-electron chi connectivity index (χ1n) is 10.3. The second kappa shape index (κ2) is 11.8. The first-order valence-corrected chi connectivity index (χ1v) is 11.4. The van der Waals surface area contributed by atoms with Crippen LogP contribution in [0.15, 0.2) is 72.8 Å². The third-order valence-corrected chi connectivity index (χ3v) is 5.22. The quantitative estimate of drug-likeness (QED) is 0.427. The Labute approximate surface area is 192 Å². The number of carbonyl (C=O) groups is 2. The van der Waals surface area contributed by atoms with Crippen molar-refractivity contribution in [3.05, 3.63) is 78.4 Å². The average Bonchev–Trinajstić information content (AvgIpc) is 2.77. The molecule has 6 nitrogen and oxygen atoms in total. The molecule has 0 aliphatic carbocycles. The van der Waals surface area contributed by atoms with Crippen molar-refractivity contribution in [1.29, 1.82) is 0 Å². The Balaban J connectivity index is 1.49. The van der Waals surface area contributed by atoms with Gasteiger partial charge in [0.25, 0.3) is 0 Å². The fourth-order valence-corrected chi connectivity index (χ4v) is 3.52. The molecular weight excluding hydrogens is 424 g/mol. The van der Waals surface area contributed by atoms with Crippen LogP contribution in [0.3, 0.4) is 0 Å². The molecule has 0 spiro atoms. The van der Waals surface area contributed by atoms with Gasteiger partial charge in [0.2, 0.25) is 11.8 Å². The summed E-state index contributed by atoms with van der Waals surface area (Å²) in [6.45, 7) is 4.49. The van der Waals surface area contributed by atoms with Crippen LogP contribution in [0.2, 0.25) is 0 Å². The van der Waals surface area contributed by atoms with Gasteiger partial charge in [-0.1, -0.05) is 24.3 Å². The number of rotatable bonds is 10. The minimum absolute atomic E-state index is 0.146. The highest BCUT2D eigenvalue weighted by Gasteiger charge is 2.10. The van der Waals surface area contributed by atoms with Crippen LogP contribution in [0.4, 0.5) is 11.4 Å². The predicted octanol–water partition coefficient (Wildman–Crippen LogP) is 5.50. The summed E-state index contributed by atoms with van der Waals surface area (Å²) in [5.74, 6) is 1.92. The fourth-order valence-electron chi connectivity index (χ4n) is 2.90. The summed E-state index contributed by atoms with van der Waals surface area (Å²) < 4.78 is 11.4. The number of anilines is 2. The lowest BCUT2D eigenvalue weighted by Crippen LogP contribution is -2.18. The number of para-hydroxylation sites is 2. The van der Waals surface area contributed by atoms with E-state index in [1.54, 1.807) is 12.1 Å². The van der Waals surface area contributed by atoms with E-state index in [1.165, 1.54) is 11.8 Å². The second-order valence-electron chi connectivity index (χ2n) is 6.96. The molecule has 2 amide bonds. The topological polar surface area (TPSA) is 76.7 Å². The molecule has 3 aromatic rings. The van der Waals surface area contributed by atoms with E-state index in [9.17, 15) is 9.59 Å². The smallest absolute Gasteiger partial charge is 0.234 e. The minimum atomic E-state index is -0.207. The van der Waals surface area contributed by atoms with Gasteiger partial charge < -0.3 is 20.1 Å². The third kappa shape index (κ3) is 7.35. The summed E-state index contributed by atoms with van der Waals surface area (Å²) in [7, 11) is 0. The van der Waals surface area contributed by atoms with E-state index in [1.807, 2.05) is 74.5 Å². The Bertz CT molecular complexity index is 1050. The van der Waals surface area contributed by atoms with Crippen LogP contribution in [-0.4, -0.2) is 29.9 Å². The number of hydrogen-bond acceptors (Lipinski definition) is 5. The summed E-state index contributed by atoms with van der Waals surface area (Å²) in [6, 6.07) is 22.1. The molecule has 0 saturated heterocycles. The lowest BCUT2D eigenvalue weighted by atomic mass is 10.2. The van der Waals surface area contributed by atoms with Crippen LogP contribution in [-0.2, 0) is 9.59 Å². The highest BCUT2D eigenvalue weighted by Crippen LogP contribution is 2.30. The average molecular weight is 451 g/mol. The molecule has 0 bridgehead atoms. The highest BCUT2D eigenvalue weighted by molar-refractivity contribution is 8.00. The van der Waals surface area contributed by atoms with Gasteiger partial charge >= 0.3 is 0 Å². The Morgan fingerprint density at radius 3 is 2.25 bits per heavy atom. The van der Waals surface area contributed by atoms with Crippen molar-refractivity contribution in [3.8, 4) is 17.2 Å². The van der Waals surface area contributed by atoms with Gasteiger partial charge in [-0.15, -0.1) is 11.8 Å². The number of ether oxygens (including phenoxy) is 2. The number of carbonyl (C=O) groups excluding carboxylic acids is 2. The summed E-state index contributed by atoms with van der Waals surface area (Å²) >= 11 is 1.25. The van der Waals surface area contributed by atoms with Gasteiger partial charge in [0, 0.05) is 5.69 Å². The molecule has 32 heavy (non-hydrogen) atoms. The molecule has 0 saturated carbocycles. The lowest BCUT2D eigenvalue weighted by molar-refractivity contribution is -0.114. The molecule has 0 unspecified atom stereocenters. The van der Waals surface area contributed by atoms with Gasteiger partial charge in [0.05, 0.1) is 23.8 Å². The van der Waals surface area contributed by atoms with Crippen LogP contribution < -0.4 is 20.1 Å². The van der Waals surface area contributed by atoms with Crippen LogP contribution >= 0.6 is 11.8 Å². The Morgan fingerprint density at radius 1 is 0.844 bits per heavy atom. The zero-order valence-electron chi connectivity index (χ0n) is 18.1. The number of thioether (sulfide) groups is 1. The summed E-state index contributed by atoms with van der Waals surface area (Å²) in [6.07, 6.45) is 0. The number of aryl methyl sites for hydroxylation is 1. The van der Waals surface area contributed by atoms with Crippen molar-refractivity contribution in [2.24, 2.45) is 0 Å². The molecule has 2 N–H and O–H groups in total. The van der Waals surface area contributed by atoms with Gasteiger partial charge in [-0.25, -0.2) is 0 Å². The first kappa shape index (κ1) is 23.2. The monoisotopic (exact) mass is 450 g/mol. The van der Waals surface area contributed by atoms with Crippen LogP contribution in [0.5, 0.6) is 17.2 Å². The van der Waals surface area contributed by atoms with Crippen molar-refractivity contribution in [1.82, 2.24) is 0 Å². The molecule has 0 aliphatic rings. The predicted molar refractivity (Wildman–Crippen MR) is 130 cm³/mol. The number of benzene rings is 3. The number of hydrogen-bond donors (Lipinski definition) is 2. The number of amides is 2. The summed E-state index contributed by atoms with van der Waals surface area (Å²) in [5, 5.41) is 5.69. The lowest BCUT2D eigenvalue weighted by Gasteiger charge is -2.12. The molecule has 0 aromatic heterocycles. The van der Waals surface area contributed by atoms with Crippen molar-refractivity contribution in [2.45, 2.75) is 13.8 Å². The summed E-state index contributed by atoms with van der Waals surface area (Å²) in [4.78, 5) is 24.5.